The molecule has 0 saturated carbocycles. The highest BCUT2D eigenvalue weighted by Gasteiger charge is 2.22. The van der Waals surface area contributed by atoms with Gasteiger partial charge in [-0.15, -0.1) is 0 Å². The molecule has 2 aromatic rings. The quantitative estimate of drug-likeness (QED) is 0.637. The van der Waals surface area contributed by atoms with Crippen LogP contribution in [0.3, 0.4) is 0 Å². The lowest BCUT2D eigenvalue weighted by Gasteiger charge is -2.22. The molecule has 162 valence electrons. The Bertz CT molecular complexity index is 988. The Balaban J connectivity index is 2.21. The molecular formula is C22H29N3O4S. The lowest BCUT2D eigenvalue weighted by atomic mass is 10.1. The maximum Gasteiger partial charge on any atom is 0.253 e. The third-order valence-corrected chi connectivity index (χ3v) is 5.90. The molecule has 0 fully saturated rings. The second-order valence-electron chi connectivity index (χ2n) is 7.17. The number of nitrogens with one attached hydrogen (secondary N) is 2. The molecule has 30 heavy (non-hydrogen) atoms. The average molecular weight is 432 g/mol. The molecular weight excluding hydrogens is 402 g/mol. The molecule has 0 aliphatic rings. The number of nitrogens with zero attached hydrogens (tertiary/aromatic N) is 1. The van der Waals surface area contributed by atoms with E-state index < -0.39 is 22.5 Å². The zero-order chi connectivity index (χ0) is 22.3. The number of aryl methyl sites for hydroxylation is 1. The number of carbonyl (C=O) groups excluding carboxylic acids is 2. The first kappa shape index (κ1) is 23.4. The van der Waals surface area contributed by atoms with Gasteiger partial charge in [0.2, 0.25) is 15.9 Å². The highest BCUT2D eigenvalue weighted by Crippen LogP contribution is 2.20. The Morgan fingerprint density at radius 1 is 1.03 bits per heavy atom. The van der Waals surface area contributed by atoms with E-state index >= 15 is 0 Å². The number of hydrogen-bond donors (Lipinski definition) is 2. The van der Waals surface area contributed by atoms with Crippen LogP contribution in [-0.4, -0.2) is 39.1 Å². The van der Waals surface area contributed by atoms with E-state index in [4.69, 9.17) is 0 Å². The zero-order valence-electron chi connectivity index (χ0n) is 17.8. The molecule has 2 amide bonds. The van der Waals surface area contributed by atoms with E-state index in [1.165, 1.54) is 0 Å². The molecule has 0 aliphatic heterocycles. The van der Waals surface area contributed by atoms with Gasteiger partial charge in [0.05, 0.1) is 23.2 Å². The summed E-state index contributed by atoms with van der Waals surface area (Å²) >= 11 is 0. The summed E-state index contributed by atoms with van der Waals surface area (Å²) in [4.78, 5) is 25.2. The first-order valence-corrected chi connectivity index (χ1v) is 11.8. The summed E-state index contributed by atoms with van der Waals surface area (Å²) in [6, 6.07) is 13.7. The molecule has 7 nitrogen and oxygen atoms in total. The van der Waals surface area contributed by atoms with Crippen LogP contribution in [0.25, 0.3) is 0 Å². The van der Waals surface area contributed by atoms with Gasteiger partial charge in [-0.1, -0.05) is 38.1 Å². The van der Waals surface area contributed by atoms with Crippen LogP contribution in [0.4, 0.5) is 11.4 Å². The maximum absolute atomic E-state index is 12.7. The minimum Gasteiger partial charge on any atom is -0.350 e. The first-order valence-electron chi connectivity index (χ1n) is 9.92. The van der Waals surface area contributed by atoms with Crippen molar-refractivity contribution >= 4 is 33.2 Å². The van der Waals surface area contributed by atoms with Crippen molar-refractivity contribution in [2.24, 2.45) is 0 Å². The van der Waals surface area contributed by atoms with Crippen LogP contribution in [-0.2, 0) is 21.2 Å². The number of amides is 2. The van der Waals surface area contributed by atoms with Crippen LogP contribution in [0.1, 0.15) is 43.1 Å². The molecule has 0 aromatic heterocycles. The van der Waals surface area contributed by atoms with Gasteiger partial charge in [0.15, 0.2) is 0 Å². The largest absolute Gasteiger partial charge is 0.350 e. The summed E-state index contributed by atoms with van der Waals surface area (Å²) in [7, 11) is -3.68. The average Bonchev–Trinajstić information content (AvgIpc) is 2.71. The predicted molar refractivity (Wildman–Crippen MR) is 120 cm³/mol. The molecule has 2 N–H and O–H groups in total. The Morgan fingerprint density at radius 3 is 2.23 bits per heavy atom. The highest BCUT2D eigenvalue weighted by molar-refractivity contribution is 7.92. The van der Waals surface area contributed by atoms with Gasteiger partial charge in [0.25, 0.3) is 5.91 Å². The number of sulfonamides is 1. The van der Waals surface area contributed by atoms with Gasteiger partial charge >= 0.3 is 0 Å². The number of rotatable bonds is 9. The summed E-state index contributed by atoms with van der Waals surface area (Å²) in [5.74, 6) is -0.834. The predicted octanol–water partition coefficient (Wildman–Crippen LogP) is 3.18. The molecule has 0 bridgehead atoms. The van der Waals surface area contributed by atoms with E-state index in [0.29, 0.717) is 16.9 Å². The summed E-state index contributed by atoms with van der Waals surface area (Å²) in [6.45, 7) is 5.47. The topological polar surface area (TPSA) is 95.6 Å². The normalized spacial score (nSPS) is 12.1. The standard InChI is InChI=1S/C22H29N3O4S/c1-5-16(3)23-22(27)19-9-7-8-10-20(19)24-21(26)15-25(30(4,28)29)18-13-11-17(6-2)12-14-18/h7-14,16H,5-6,15H2,1-4H3,(H,23,27)(H,24,26)/t16-/m0/s1. The van der Waals surface area contributed by atoms with Crippen molar-refractivity contribution in [3.63, 3.8) is 0 Å². The van der Waals surface area contributed by atoms with Crippen molar-refractivity contribution in [1.82, 2.24) is 5.32 Å². The minimum atomic E-state index is -3.68. The van der Waals surface area contributed by atoms with Crippen molar-refractivity contribution in [3.8, 4) is 0 Å². The summed E-state index contributed by atoms with van der Waals surface area (Å²) in [5.41, 5.74) is 2.13. The van der Waals surface area contributed by atoms with Gasteiger partial charge in [0.1, 0.15) is 6.54 Å². The van der Waals surface area contributed by atoms with Gasteiger partial charge in [-0.2, -0.15) is 0 Å². The molecule has 0 aliphatic carbocycles. The highest BCUT2D eigenvalue weighted by atomic mass is 32.2. The first-order chi connectivity index (χ1) is 14.2. The van der Waals surface area contributed by atoms with Gasteiger partial charge in [0, 0.05) is 6.04 Å². The third kappa shape index (κ3) is 6.32. The molecule has 2 rings (SSSR count). The lowest BCUT2D eigenvalue weighted by molar-refractivity contribution is -0.114. The zero-order valence-corrected chi connectivity index (χ0v) is 18.6. The van der Waals surface area contributed by atoms with E-state index in [0.717, 1.165) is 29.0 Å². The molecule has 8 heteroatoms. The number of carbonyl (C=O) groups is 2. The third-order valence-electron chi connectivity index (χ3n) is 4.76. The van der Waals surface area contributed by atoms with Crippen LogP contribution < -0.4 is 14.9 Å². The van der Waals surface area contributed by atoms with Crippen molar-refractivity contribution < 1.29 is 18.0 Å². The van der Waals surface area contributed by atoms with Gasteiger partial charge < -0.3 is 10.6 Å². The van der Waals surface area contributed by atoms with Crippen LogP contribution in [0, 0.1) is 0 Å². The second-order valence-corrected chi connectivity index (χ2v) is 9.07. The van der Waals surface area contributed by atoms with Gasteiger partial charge in [-0.25, -0.2) is 8.42 Å². The minimum absolute atomic E-state index is 0.00641. The fourth-order valence-corrected chi connectivity index (χ4v) is 3.67. The summed E-state index contributed by atoms with van der Waals surface area (Å²) < 4.78 is 25.6. The Hall–Kier alpha value is -2.87. The molecule has 0 heterocycles. The summed E-state index contributed by atoms with van der Waals surface area (Å²) in [6.07, 6.45) is 2.66. The molecule has 2 aromatic carbocycles. The Morgan fingerprint density at radius 2 is 1.67 bits per heavy atom. The number of para-hydroxylation sites is 1. The van der Waals surface area contributed by atoms with Crippen molar-refractivity contribution in [2.75, 3.05) is 22.4 Å². The maximum atomic E-state index is 12.7. The Kier molecular flexibility index (Phi) is 8.00. The van der Waals surface area contributed by atoms with Crippen molar-refractivity contribution in [3.05, 3.63) is 59.7 Å². The van der Waals surface area contributed by atoms with E-state index in [1.807, 2.05) is 32.9 Å². The lowest BCUT2D eigenvalue weighted by Crippen LogP contribution is -2.38. The van der Waals surface area contributed by atoms with E-state index in [2.05, 4.69) is 10.6 Å². The molecule has 0 unspecified atom stereocenters. The van der Waals surface area contributed by atoms with Gasteiger partial charge in [-0.05, 0) is 49.6 Å². The number of anilines is 2. The van der Waals surface area contributed by atoms with E-state index in [9.17, 15) is 18.0 Å². The molecule has 0 spiro atoms. The van der Waals surface area contributed by atoms with Crippen molar-refractivity contribution in [2.45, 2.75) is 39.7 Å². The van der Waals surface area contributed by atoms with E-state index in [-0.39, 0.29) is 11.9 Å². The van der Waals surface area contributed by atoms with Gasteiger partial charge in [-0.3, -0.25) is 13.9 Å². The molecule has 0 saturated heterocycles. The Labute approximate surface area is 178 Å². The van der Waals surface area contributed by atoms with Crippen molar-refractivity contribution in [1.29, 1.82) is 0 Å². The molecule has 0 radical (unpaired) electrons. The fourth-order valence-electron chi connectivity index (χ4n) is 2.81. The van der Waals surface area contributed by atoms with Crippen LogP contribution in [0.5, 0.6) is 0 Å². The summed E-state index contributed by atoms with van der Waals surface area (Å²) in [5, 5.41) is 5.54. The second kappa shape index (κ2) is 10.2. The van der Waals surface area contributed by atoms with Crippen LogP contribution in [0.2, 0.25) is 0 Å². The van der Waals surface area contributed by atoms with Crippen LogP contribution in [0.15, 0.2) is 48.5 Å². The fraction of sp³-hybridized carbons (Fsp3) is 0.364. The molecule has 1 atom stereocenters. The number of benzene rings is 2. The number of hydrogen-bond acceptors (Lipinski definition) is 4. The van der Waals surface area contributed by atoms with E-state index in [1.54, 1.807) is 36.4 Å². The smallest absolute Gasteiger partial charge is 0.253 e. The monoisotopic (exact) mass is 431 g/mol. The van der Waals surface area contributed by atoms with Crippen LogP contribution >= 0.6 is 0 Å². The SMILES string of the molecule is CCc1ccc(N(CC(=O)Nc2ccccc2C(=O)N[C@@H](C)CC)S(C)(=O)=O)cc1.